The number of hydrogen-bond donors (Lipinski definition) is 2. The second-order valence-corrected chi connectivity index (χ2v) is 5.13. The predicted octanol–water partition coefficient (Wildman–Crippen LogP) is 2.67. The maximum atomic E-state index is 13.7. The van der Waals surface area contributed by atoms with Crippen LogP contribution in [0.1, 0.15) is 26.3 Å². The minimum absolute atomic E-state index is 0.203. The van der Waals surface area contributed by atoms with E-state index in [9.17, 15) is 4.39 Å². The number of hydrogen-bond acceptors (Lipinski definition) is 3. The topological polar surface area (TPSA) is 47.3 Å². The van der Waals surface area contributed by atoms with Crippen molar-refractivity contribution in [3.05, 3.63) is 34.6 Å². The fourth-order valence-electron chi connectivity index (χ4n) is 1.90. The van der Waals surface area contributed by atoms with Gasteiger partial charge in [-0.1, -0.05) is 11.6 Å². The Kier molecular flexibility index (Phi) is 5.53. The Balaban J connectivity index is 2.89. The van der Waals surface area contributed by atoms with Gasteiger partial charge in [-0.2, -0.15) is 0 Å². The lowest BCUT2D eigenvalue weighted by Crippen LogP contribution is -2.52. The second-order valence-electron chi connectivity index (χ2n) is 4.70. The highest BCUT2D eigenvalue weighted by Crippen LogP contribution is 2.22. The Morgan fingerprint density at radius 3 is 2.72 bits per heavy atom. The number of halogens is 2. The van der Waals surface area contributed by atoms with Gasteiger partial charge in [-0.3, -0.25) is 11.3 Å². The van der Waals surface area contributed by atoms with E-state index in [1.165, 1.54) is 12.1 Å². The number of rotatable bonds is 6. The van der Waals surface area contributed by atoms with E-state index in [1.54, 1.807) is 6.07 Å². The molecule has 1 rings (SSSR count). The number of nitrogens with two attached hydrogens (primary N) is 1. The van der Waals surface area contributed by atoms with Crippen LogP contribution in [0, 0.1) is 5.82 Å². The van der Waals surface area contributed by atoms with Crippen LogP contribution in [0.4, 0.5) is 4.39 Å². The summed E-state index contributed by atoms with van der Waals surface area (Å²) in [5, 5.41) is 0.511. The third kappa shape index (κ3) is 3.92. The van der Waals surface area contributed by atoms with Gasteiger partial charge >= 0.3 is 0 Å². The molecule has 102 valence electrons. The molecule has 0 fully saturated rings. The van der Waals surface area contributed by atoms with Crippen molar-refractivity contribution in [2.45, 2.75) is 38.8 Å². The minimum Gasteiger partial charge on any atom is -0.374 e. The summed E-state index contributed by atoms with van der Waals surface area (Å²) < 4.78 is 19.3. The number of benzene rings is 1. The average Bonchev–Trinajstić information content (AvgIpc) is 2.29. The monoisotopic (exact) mass is 274 g/mol. The summed E-state index contributed by atoms with van der Waals surface area (Å²) in [6, 6.07) is 4.30. The second kappa shape index (κ2) is 6.48. The zero-order valence-electron chi connectivity index (χ0n) is 11.0. The Hall–Kier alpha value is -0.680. The zero-order chi connectivity index (χ0) is 13.8. The molecular weight excluding hydrogens is 255 g/mol. The normalized spacial score (nSPS) is 13.7. The quantitative estimate of drug-likeness (QED) is 0.619. The van der Waals surface area contributed by atoms with Gasteiger partial charge in [0.1, 0.15) is 5.82 Å². The highest BCUT2D eigenvalue weighted by molar-refractivity contribution is 6.30. The van der Waals surface area contributed by atoms with Crippen molar-refractivity contribution >= 4 is 11.6 Å². The van der Waals surface area contributed by atoms with Crippen molar-refractivity contribution in [2.75, 3.05) is 6.61 Å². The van der Waals surface area contributed by atoms with Gasteiger partial charge in [0.15, 0.2) is 0 Å². The van der Waals surface area contributed by atoms with E-state index in [0.717, 1.165) is 0 Å². The molecule has 0 aliphatic rings. The molecule has 5 heteroatoms. The van der Waals surface area contributed by atoms with Crippen molar-refractivity contribution in [2.24, 2.45) is 5.84 Å². The molecule has 3 N–H and O–H groups in total. The molecule has 0 radical (unpaired) electrons. The first kappa shape index (κ1) is 15.4. The molecule has 0 saturated heterocycles. The first-order valence-corrected chi connectivity index (χ1v) is 6.32. The van der Waals surface area contributed by atoms with Crippen LogP contribution in [-0.4, -0.2) is 18.2 Å². The molecule has 0 saturated carbocycles. The van der Waals surface area contributed by atoms with Gasteiger partial charge in [-0.05, 0) is 51.0 Å². The average molecular weight is 275 g/mol. The van der Waals surface area contributed by atoms with E-state index in [1.807, 2.05) is 20.8 Å². The summed E-state index contributed by atoms with van der Waals surface area (Å²) >= 11 is 5.87. The van der Waals surface area contributed by atoms with Crippen LogP contribution in [0.3, 0.4) is 0 Å². The van der Waals surface area contributed by atoms with E-state index in [2.05, 4.69) is 5.43 Å². The predicted molar refractivity (Wildman–Crippen MR) is 71.9 cm³/mol. The van der Waals surface area contributed by atoms with Gasteiger partial charge in [-0.15, -0.1) is 0 Å². The van der Waals surface area contributed by atoms with Crippen LogP contribution < -0.4 is 11.3 Å². The van der Waals surface area contributed by atoms with Crippen LogP contribution in [0.2, 0.25) is 5.02 Å². The molecule has 3 nitrogen and oxygen atoms in total. The summed E-state index contributed by atoms with van der Waals surface area (Å²) in [4.78, 5) is 0. The highest BCUT2D eigenvalue weighted by atomic mass is 35.5. The van der Waals surface area contributed by atoms with Gasteiger partial charge in [0.25, 0.3) is 0 Å². The number of ether oxygens (including phenoxy) is 1. The van der Waals surface area contributed by atoms with E-state index in [0.29, 0.717) is 23.6 Å². The van der Waals surface area contributed by atoms with Gasteiger partial charge in [0.2, 0.25) is 0 Å². The molecule has 0 spiro atoms. The Morgan fingerprint density at radius 1 is 1.50 bits per heavy atom. The summed E-state index contributed by atoms with van der Waals surface area (Å²) in [6.07, 6.45) is 0.413. The third-order valence-electron chi connectivity index (χ3n) is 2.99. The van der Waals surface area contributed by atoms with Crippen LogP contribution >= 0.6 is 11.6 Å². The first-order chi connectivity index (χ1) is 8.40. The molecule has 18 heavy (non-hydrogen) atoms. The standard InChI is InChI=1S/C13H20ClFN2O/c1-4-18-13(2,3)12(17-16)8-9-7-10(14)5-6-11(9)15/h5-7,12,17H,4,8,16H2,1-3H3. The van der Waals surface area contributed by atoms with Gasteiger partial charge in [-0.25, -0.2) is 4.39 Å². The minimum atomic E-state index is -0.488. The number of hydrazine groups is 1. The smallest absolute Gasteiger partial charge is 0.126 e. The molecule has 1 aromatic carbocycles. The van der Waals surface area contributed by atoms with Crippen molar-refractivity contribution in [3.63, 3.8) is 0 Å². The maximum Gasteiger partial charge on any atom is 0.126 e. The summed E-state index contributed by atoms with van der Waals surface area (Å²) in [7, 11) is 0. The number of nitrogens with one attached hydrogen (secondary N) is 1. The van der Waals surface area contributed by atoms with Crippen LogP contribution in [0.25, 0.3) is 0 Å². The Labute approximate surface area is 112 Å². The zero-order valence-corrected chi connectivity index (χ0v) is 11.7. The molecule has 0 aromatic heterocycles. The Bertz CT molecular complexity index is 399. The molecule has 0 aliphatic heterocycles. The molecule has 0 aliphatic carbocycles. The van der Waals surface area contributed by atoms with E-state index in [4.69, 9.17) is 22.2 Å². The largest absolute Gasteiger partial charge is 0.374 e. The Morgan fingerprint density at radius 2 is 2.17 bits per heavy atom. The van der Waals surface area contributed by atoms with E-state index < -0.39 is 5.60 Å². The lowest BCUT2D eigenvalue weighted by Gasteiger charge is -2.33. The van der Waals surface area contributed by atoms with E-state index >= 15 is 0 Å². The van der Waals surface area contributed by atoms with Gasteiger partial charge in [0.05, 0.1) is 11.6 Å². The summed E-state index contributed by atoms with van der Waals surface area (Å²) in [6.45, 7) is 6.32. The van der Waals surface area contributed by atoms with Gasteiger partial charge in [0, 0.05) is 11.6 Å². The SMILES string of the molecule is CCOC(C)(C)C(Cc1cc(Cl)ccc1F)NN. The molecule has 0 heterocycles. The van der Waals surface area contributed by atoms with Crippen LogP contribution in [-0.2, 0) is 11.2 Å². The van der Waals surface area contributed by atoms with Gasteiger partial charge < -0.3 is 4.74 Å². The van der Waals surface area contributed by atoms with Crippen molar-refractivity contribution in [1.29, 1.82) is 0 Å². The maximum absolute atomic E-state index is 13.7. The van der Waals surface area contributed by atoms with E-state index in [-0.39, 0.29) is 11.9 Å². The molecule has 0 bridgehead atoms. The fraction of sp³-hybridized carbons (Fsp3) is 0.538. The molecule has 0 amide bonds. The van der Waals surface area contributed by atoms with Crippen molar-refractivity contribution in [1.82, 2.24) is 5.43 Å². The van der Waals surface area contributed by atoms with Crippen LogP contribution in [0.5, 0.6) is 0 Å². The van der Waals surface area contributed by atoms with Crippen molar-refractivity contribution < 1.29 is 9.13 Å². The van der Waals surface area contributed by atoms with Crippen molar-refractivity contribution in [3.8, 4) is 0 Å². The highest BCUT2D eigenvalue weighted by Gasteiger charge is 2.30. The first-order valence-electron chi connectivity index (χ1n) is 5.94. The summed E-state index contributed by atoms with van der Waals surface area (Å²) in [5.41, 5.74) is 2.73. The molecular formula is C13H20ClFN2O. The lowest BCUT2D eigenvalue weighted by molar-refractivity contribution is -0.0382. The summed E-state index contributed by atoms with van der Waals surface area (Å²) in [5.74, 6) is 5.25. The molecule has 1 unspecified atom stereocenters. The van der Waals surface area contributed by atoms with Crippen LogP contribution in [0.15, 0.2) is 18.2 Å². The fourth-order valence-corrected chi connectivity index (χ4v) is 2.09. The molecule has 1 aromatic rings. The third-order valence-corrected chi connectivity index (χ3v) is 3.22. The molecule has 1 atom stereocenters. The lowest BCUT2D eigenvalue weighted by atomic mass is 9.92.